The Bertz CT molecular complexity index is 752. The lowest BCUT2D eigenvalue weighted by Crippen LogP contribution is -2.46. The molecule has 0 bridgehead atoms. The van der Waals surface area contributed by atoms with Gasteiger partial charge in [0, 0.05) is 48.0 Å². The highest BCUT2D eigenvalue weighted by Crippen LogP contribution is 2.24. The minimum atomic E-state index is -0.0648. The topological polar surface area (TPSA) is 35.6 Å². The molecule has 138 valence electrons. The minimum absolute atomic E-state index is 0.0648. The van der Waals surface area contributed by atoms with Gasteiger partial charge in [-0.2, -0.15) is 0 Å². The summed E-state index contributed by atoms with van der Waals surface area (Å²) in [7, 11) is 0. The van der Waals surface area contributed by atoms with Gasteiger partial charge < -0.3 is 15.1 Å². The van der Waals surface area contributed by atoms with E-state index >= 15 is 0 Å². The molecule has 5 heteroatoms. The number of hydrogen-bond acceptors (Lipinski definition) is 4. The number of hydrogen-bond donors (Lipinski definition) is 1. The average Bonchev–Trinajstić information content (AvgIpc) is 2.69. The first-order valence-corrected chi connectivity index (χ1v) is 10.4. The fourth-order valence-electron chi connectivity index (χ4n) is 3.24. The summed E-state index contributed by atoms with van der Waals surface area (Å²) < 4.78 is 0. The molecule has 1 aliphatic heterocycles. The van der Waals surface area contributed by atoms with E-state index in [0.29, 0.717) is 5.56 Å². The van der Waals surface area contributed by atoms with E-state index in [1.54, 1.807) is 11.8 Å². The molecule has 1 N–H and O–H groups in total. The predicted octanol–water partition coefficient (Wildman–Crippen LogP) is 4.11. The van der Waals surface area contributed by atoms with Gasteiger partial charge in [0.1, 0.15) is 0 Å². The first-order chi connectivity index (χ1) is 12.6. The SMILES string of the molecule is CCN1CCN(c2ccc(NC(=O)c3ccc(SC)cc3)c(C)c2)CC1. The molecule has 2 aromatic rings. The Labute approximate surface area is 160 Å². The first-order valence-electron chi connectivity index (χ1n) is 9.14. The van der Waals surface area contributed by atoms with E-state index in [-0.39, 0.29) is 5.91 Å². The van der Waals surface area contributed by atoms with Crippen LogP contribution in [0, 0.1) is 6.92 Å². The summed E-state index contributed by atoms with van der Waals surface area (Å²) in [6.45, 7) is 9.72. The van der Waals surface area contributed by atoms with Crippen molar-refractivity contribution >= 4 is 29.0 Å². The highest BCUT2D eigenvalue weighted by atomic mass is 32.2. The summed E-state index contributed by atoms with van der Waals surface area (Å²) in [5.41, 5.74) is 3.89. The lowest BCUT2D eigenvalue weighted by molar-refractivity contribution is 0.102. The van der Waals surface area contributed by atoms with Crippen LogP contribution >= 0.6 is 11.8 Å². The number of rotatable bonds is 5. The highest BCUT2D eigenvalue weighted by molar-refractivity contribution is 7.98. The molecule has 0 spiro atoms. The van der Waals surface area contributed by atoms with Crippen molar-refractivity contribution < 1.29 is 4.79 Å². The molecular weight excluding hydrogens is 342 g/mol. The summed E-state index contributed by atoms with van der Waals surface area (Å²) >= 11 is 1.67. The number of benzene rings is 2. The van der Waals surface area contributed by atoms with E-state index in [1.807, 2.05) is 36.6 Å². The molecule has 0 atom stereocenters. The van der Waals surface area contributed by atoms with Crippen molar-refractivity contribution in [2.24, 2.45) is 0 Å². The number of likely N-dealkylation sites (N-methyl/N-ethyl adjacent to an activating group) is 1. The Balaban J connectivity index is 1.66. The Hall–Kier alpha value is -1.98. The molecule has 0 aromatic heterocycles. The van der Waals surface area contributed by atoms with Crippen LogP contribution in [0.25, 0.3) is 0 Å². The van der Waals surface area contributed by atoms with Crippen LogP contribution < -0.4 is 10.2 Å². The molecule has 0 aliphatic carbocycles. The minimum Gasteiger partial charge on any atom is -0.369 e. The maximum Gasteiger partial charge on any atom is 0.255 e. The zero-order valence-electron chi connectivity index (χ0n) is 15.8. The van der Waals surface area contributed by atoms with Crippen LogP contribution in [0.15, 0.2) is 47.4 Å². The number of piperazine rings is 1. The van der Waals surface area contributed by atoms with E-state index in [1.165, 1.54) is 5.69 Å². The van der Waals surface area contributed by atoms with Gasteiger partial charge in [-0.05, 0) is 67.8 Å². The fourth-order valence-corrected chi connectivity index (χ4v) is 3.65. The van der Waals surface area contributed by atoms with Crippen molar-refractivity contribution in [1.82, 2.24) is 4.90 Å². The summed E-state index contributed by atoms with van der Waals surface area (Å²) in [5, 5.41) is 3.04. The summed E-state index contributed by atoms with van der Waals surface area (Å²) in [6, 6.07) is 14.0. The molecule has 1 amide bonds. The van der Waals surface area contributed by atoms with Crippen LogP contribution in [0.1, 0.15) is 22.8 Å². The van der Waals surface area contributed by atoms with Crippen LogP contribution in [0.2, 0.25) is 0 Å². The van der Waals surface area contributed by atoms with Gasteiger partial charge in [0.25, 0.3) is 5.91 Å². The second kappa shape index (κ2) is 8.60. The molecule has 0 radical (unpaired) electrons. The zero-order chi connectivity index (χ0) is 18.5. The maximum atomic E-state index is 12.5. The number of amides is 1. The maximum absolute atomic E-state index is 12.5. The van der Waals surface area contributed by atoms with Crippen molar-refractivity contribution in [2.45, 2.75) is 18.7 Å². The third kappa shape index (κ3) is 4.40. The predicted molar refractivity (Wildman–Crippen MR) is 112 cm³/mol. The normalized spacial score (nSPS) is 15.1. The largest absolute Gasteiger partial charge is 0.369 e. The molecule has 3 rings (SSSR count). The van der Waals surface area contributed by atoms with Crippen LogP contribution in [0.5, 0.6) is 0 Å². The van der Waals surface area contributed by atoms with Crippen molar-refractivity contribution in [3.05, 3.63) is 53.6 Å². The lowest BCUT2D eigenvalue weighted by atomic mass is 10.1. The molecule has 1 aliphatic rings. The number of nitrogens with one attached hydrogen (secondary N) is 1. The molecule has 0 unspecified atom stereocenters. The standard InChI is InChI=1S/C21H27N3OS/c1-4-23-11-13-24(14-12-23)18-7-10-20(16(2)15-18)22-21(25)17-5-8-19(26-3)9-6-17/h5-10,15H,4,11-14H2,1-3H3,(H,22,25). The first kappa shape index (κ1) is 18.8. The number of aryl methyl sites for hydroxylation is 1. The van der Waals surface area contributed by atoms with Gasteiger partial charge in [-0.1, -0.05) is 6.92 Å². The lowest BCUT2D eigenvalue weighted by Gasteiger charge is -2.35. The Morgan fingerprint density at radius 3 is 2.35 bits per heavy atom. The van der Waals surface area contributed by atoms with E-state index < -0.39 is 0 Å². The van der Waals surface area contributed by atoms with Crippen LogP contribution in [-0.4, -0.2) is 49.8 Å². The summed E-state index contributed by atoms with van der Waals surface area (Å²) in [5.74, 6) is -0.0648. The monoisotopic (exact) mass is 369 g/mol. The molecule has 1 heterocycles. The molecule has 26 heavy (non-hydrogen) atoms. The van der Waals surface area contributed by atoms with Crippen molar-refractivity contribution in [3.8, 4) is 0 Å². The highest BCUT2D eigenvalue weighted by Gasteiger charge is 2.16. The zero-order valence-corrected chi connectivity index (χ0v) is 16.6. The van der Waals surface area contributed by atoms with Gasteiger partial charge in [0.15, 0.2) is 0 Å². The number of nitrogens with zero attached hydrogens (tertiary/aromatic N) is 2. The van der Waals surface area contributed by atoms with E-state index in [0.717, 1.165) is 48.9 Å². The molecule has 1 saturated heterocycles. The van der Waals surface area contributed by atoms with Crippen molar-refractivity contribution in [3.63, 3.8) is 0 Å². The van der Waals surface area contributed by atoms with Crippen LogP contribution in [0.4, 0.5) is 11.4 Å². The van der Waals surface area contributed by atoms with Gasteiger partial charge in [-0.15, -0.1) is 11.8 Å². The van der Waals surface area contributed by atoms with Crippen LogP contribution in [0.3, 0.4) is 0 Å². The second-order valence-electron chi connectivity index (χ2n) is 6.60. The van der Waals surface area contributed by atoms with Crippen molar-refractivity contribution in [1.29, 1.82) is 0 Å². The van der Waals surface area contributed by atoms with E-state index in [4.69, 9.17) is 0 Å². The molecule has 0 saturated carbocycles. The number of anilines is 2. The van der Waals surface area contributed by atoms with Crippen molar-refractivity contribution in [2.75, 3.05) is 49.2 Å². The molecular formula is C21H27N3OS. The van der Waals surface area contributed by atoms with E-state index in [2.05, 4.69) is 41.1 Å². The molecule has 4 nitrogen and oxygen atoms in total. The Morgan fingerprint density at radius 1 is 1.08 bits per heavy atom. The Morgan fingerprint density at radius 2 is 1.77 bits per heavy atom. The molecule has 1 fully saturated rings. The summed E-state index contributed by atoms with van der Waals surface area (Å²) in [4.78, 5) is 18.5. The fraction of sp³-hybridized carbons (Fsp3) is 0.381. The average molecular weight is 370 g/mol. The van der Waals surface area contributed by atoms with Gasteiger partial charge in [-0.3, -0.25) is 4.79 Å². The third-order valence-corrected chi connectivity index (χ3v) is 5.74. The smallest absolute Gasteiger partial charge is 0.255 e. The van der Waals surface area contributed by atoms with E-state index in [9.17, 15) is 4.79 Å². The Kier molecular flexibility index (Phi) is 6.22. The van der Waals surface area contributed by atoms with Gasteiger partial charge in [-0.25, -0.2) is 0 Å². The molecule has 2 aromatic carbocycles. The van der Waals surface area contributed by atoms with Gasteiger partial charge in [0.2, 0.25) is 0 Å². The number of carbonyl (C=O) groups is 1. The van der Waals surface area contributed by atoms with Gasteiger partial charge >= 0.3 is 0 Å². The number of thioether (sulfide) groups is 1. The van der Waals surface area contributed by atoms with Crippen LogP contribution in [-0.2, 0) is 0 Å². The summed E-state index contributed by atoms with van der Waals surface area (Å²) in [6.07, 6.45) is 2.03. The quantitative estimate of drug-likeness (QED) is 0.805. The second-order valence-corrected chi connectivity index (χ2v) is 7.48. The van der Waals surface area contributed by atoms with Gasteiger partial charge in [0.05, 0.1) is 0 Å². The number of carbonyl (C=O) groups excluding carboxylic acids is 1. The third-order valence-electron chi connectivity index (χ3n) is 5.00.